The van der Waals surface area contributed by atoms with Crippen LogP contribution in [0.2, 0.25) is 0 Å². The highest BCUT2D eigenvalue weighted by Crippen LogP contribution is 2.18. The van der Waals surface area contributed by atoms with Crippen molar-refractivity contribution in [3.05, 3.63) is 0 Å². The third-order valence-corrected chi connectivity index (χ3v) is 2.48. The Hall–Kier alpha value is -1.26. The van der Waals surface area contributed by atoms with Crippen LogP contribution in [0, 0.1) is 0 Å². The van der Waals surface area contributed by atoms with E-state index in [1.165, 1.54) is 12.0 Å². The molecule has 0 saturated carbocycles. The predicted molar refractivity (Wildman–Crippen MR) is 53.4 cm³/mol. The lowest BCUT2D eigenvalue weighted by atomic mass is 10.0. The van der Waals surface area contributed by atoms with Gasteiger partial charge in [-0.3, -0.25) is 4.90 Å². The summed E-state index contributed by atoms with van der Waals surface area (Å²) < 4.78 is 9.55. The summed E-state index contributed by atoms with van der Waals surface area (Å²) in [7, 11) is 1.33. The molecule has 1 aliphatic rings. The van der Waals surface area contributed by atoms with Gasteiger partial charge in [-0.25, -0.2) is 9.59 Å². The normalized spacial score (nSPS) is 20.9. The smallest absolute Gasteiger partial charge is 0.410 e. The van der Waals surface area contributed by atoms with Crippen LogP contribution >= 0.6 is 0 Å². The molecule has 0 aromatic carbocycles. The van der Waals surface area contributed by atoms with Gasteiger partial charge in [0.1, 0.15) is 6.04 Å². The maximum absolute atomic E-state index is 11.5. The third-order valence-electron chi connectivity index (χ3n) is 2.48. The zero-order valence-corrected chi connectivity index (χ0v) is 9.19. The average Bonchev–Trinajstić information content (AvgIpc) is 2.28. The molecule has 86 valence electrons. The second-order valence-corrected chi connectivity index (χ2v) is 3.43. The maximum Gasteiger partial charge on any atom is 0.410 e. The molecule has 1 unspecified atom stereocenters. The Bertz CT molecular complexity index is 242. The number of carbonyl (C=O) groups is 2. The molecule has 5 nitrogen and oxygen atoms in total. The zero-order valence-electron chi connectivity index (χ0n) is 9.19. The predicted octanol–water partition coefficient (Wildman–Crippen LogP) is 1.17. The summed E-state index contributed by atoms with van der Waals surface area (Å²) in [5.74, 6) is -0.359. The van der Waals surface area contributed by atoms with Gasteiger partial charge in [-0.05, 0) is 26.2 Å². The third kappa shape index (κ3) is 2.84. The van der Waals surface area contributed by atoms with E-state index in [1.54, 1.807) is 6.92 Å². The highest BCUT2D eigenvalue weighted by atomic mass is 16.6. The Morgan fingerprint density at radius 1 is 1.40 bits per heavy atom. The van der Waals surface area contributed by atoms with Crippen molar-refractivity contribution in [2.24, 2.45) is 0 Å². The molecule has 1 amide bonds. The van der Waals surface area contributed by atoms with Crippen molar-refractivity contribution < 1.29 is 19.1 Å². The second kappa shape index (κ2) is 5.58. The second-order valence-electron chi connectivity index (χ2n) is 3.43. The van der Waals surface area contributed by atoms with Gasteiger partial charge >= 0.3 is 12.1 Å². The van der Waals surface area contributed by atoms with E-state index in [9.17, 15) is 9.59 Å². The molecule has 1 fully saturated rings. The fraction of sp³-hybridized carbons (Fsp3) is 0.800. The molecule has 1 heterocycles. The Labute approximate surface area is 89.3 Å². The number of hydrogen-bond donors (Lipinski definition) is 0. The van der Waals surface area contributed by atoms with Crippen molar-refractivity contribution in [2.45, 2.75) is 32.2 Å². The molecule has 0 aromatic heterocycles. The molecule has 1 atom stereocenters. The number of carbonyl (C=O) groups excluding carboxylic acids is 2. The number of methoxy groups -OCH3 is 1. The minimum absolute atomic E-state index is 0.323. The number of amides is 1. The Balaban J connectivity index is 2.65. The number of rotatable bonds is 2. The Morgan fingerprint density at radius 3 is 2.73 bits per heavy atom. The molecule has 1 aliphatic heterocycles. The van der Waals surface area contributed by atoms with Gasteiger partial charge in [-0.1, -0.05) is 0 Å². The fourth-order valence-corrected chi connectivity index (χ4v) is 1.74. The van der Waals surface area contributed by atoms with Crippen LogP contribution in [0.25, 0.3) is 0 Å². The van der Waals surface area contributed by atoms with Crippen molar-refractivity contribution in [3.63, 3.8) is 0 Å². The highest BCUT2D eigenvalue weighted by molar-refractivity contribution is 5.81. The van der Waals surface area contributed by atoms with Crippen molar-refractivity contribution in [1.29, 1.82) is 0 Å². The van der Waals surface area contributed by atoms with Gasteiger partial charge in [0.15, 0.2) is 0 Å². The Morgan fingerprint density at radius 2 is 2.13 bits per heavy atom. The molecule has 0 spiro atoms. The van der Waals surface area contributed by atoms with Crippen LogP contribution in [0.4, 0.5) is 4.79 Å². The van der Waals surface area contributed by atoms with E-state index in [1.807, 2.05) is 0 Å². The minimum Gasteiger partial charge on any atom is -0.467 e. The largest absolute Gasteiger partial charge is 0.467 e. The summed E-state index contributed by atoms with van der Waals surface area (Å²) in [6.07, 6.45) is 2.08. The van der Waals surface area contributed by atoms with Crippen molar-refractivity contribution in [3.8, 4) is 0 Å². The van der Waals surface area contributed by atoms with Gasteiger partial charge in [-0.2, -0.15) is 0 Å². The Kier molecular flexibility index (Phi) is 4.39. The number of hydrogen-bond acceptors (Lipinski definition) is 4. The van der Waals surface area contributed by atoms with Crippen molar-refractivity contribution in [1.82, 2.24) is 4.90 Å². The van der Waals surface area contributed by atoms with Crippen LogP contribution in [0.1, 0.15) is 26.2 Å². The first-order valence-corrected chi connectivity index (χ1v) is 5.22. The zero-order chi connectivity index (χ0) is 11.3. The average molecular weight is 215 g/mol. The first-order valence-electron chi connectivity index (χ1n) is 5.22. The minimum atomic E-state index is -0.470. The molecule has 1 rings (SSSR count). The van der Waals surface area contributed by atoms with Gasteiger partial charge < -0.3 is 9.47 Å². The lowest BCUT2D eigenvalue weighted by molar-refractivity contribution is -0.147. The first kappa shape index (κ1) is 11.8. The summed E-state index contributed by atoms with van der Waals surface area (Å²) in [6.45, 7) is 2.64. The number of nitrogens with zero attached hydrogens (tertiary/aromatic N) is 1. The standard InChI is InChI=1S/C10H17NO4/c1-3-15-10(13)11-7-5-4-6-8(11)9(12)14-2/h8H,3-7H2,1-2H3. The lowest BCUT2D eigenvalue weighted by Crippen LogP contribution is -2.48. The van der Waals surface area contributed by atoms with Gasteiger partial charge in [-0.15, -0.1) is 0 Å². The number of ether oxygens (including phenoxy) is 2. The van der Waals surface area contributed by atoms with E-state index < -0.39 is 12.1 Å². The van der Waals surface area contributed by atoms with E-state index in [0.29, 0.717) is 19.6 Å². The molecule has 0 aliphatic carbocycles. The van der Waals surface area contributed by atoms with Gasteiger partial charge in [0.25, 0.3) is 0 Å². The summed E-state index contributed by atoms with van der Waals surface area (Å²) in [4.78, 5) is 24.4. The summed E-state index contributed by atoms with van der Waals surface area (Å²) in [5, 5.41) is 0. The summed E-state index contributed by atoms with van der Waals surface area (Å²) in [6, 6.07) is -0.470. The molecular formula is C10H17NO4. The van der Waals surface area contributed by atoms with E-state index >= 15 is 0 Å². The van der Waals surface area contributed by atoms with E-state index in [-0.39, 0.29) is 5.97 Å². The van der Waals surface area contributed by atoms with Crippen LogP contribution in [0.5, 0.6) is 0 Å². The molecule has 5 heteroatoms. The van der Waals surface area contributed by atoms with Crippen molar-refractivity contribution in [2.75, 3.05) is 20.3 Å². The molecule has 0 radical (unpaired) electrons. The molecule has 15 heavy (non-hydrogen) atoms. The van der Waals surface area contributed by atoms with Crippen LogP contribution in [-0.2, 0) is 14.3 Å². The lowest BCUT2D eigenvalue weighted by Gasteiger charge is -2.32. The quantitative estimate of drug-likeness (QED) is 0.649. The SMILES string of the molecule is CCOC(=O)N1CCCCC1C(=O)OC. The molecule has 0 aromatic rings. The maximum atomic E-state index is 11.5. The van der Waals surface area contributed by atoms with Gasteiger partial charge in [0.05, 0.1) is 13.7 Å². The number of piperidine rings is 1. The molecule has 0 bridgehead atoms. The van der Waals surface area contributed by atoms with E-state index in [4.69, 9.17) is 4.74 Å². The van der Waals surface area contributed by atoms with Crippen LogP contribution in [-0.4, -0.2) is 43.3 Å². The molecular weight excluding hydrogens is 198 g/mol. The number of likely N-dealkylation sites (tertiary alicyclic amines) is 1. The van der Waals surface area contributed by atoms with Crippen LogP contribution < -0.4 is 0 Å². The molecule has 0 N–H and O–H groups in total. The summed E-state index contributed by atoms with van der Waals surface area (Å²) in [5.41, 5.74) is 0. The van der Waals surface area contributed by atoms with E-state index in [2.05, 4.69) is 4.74 Å². The van der Waals surface area contributed by atoms with Gasteiger partial charge in [0, 0.05) is 6.54 Å². The van der Waals surface area contributed by atoms with Crippen LogP contribution in [0.15, 0.2) is 0 Å². The van der Waals surface area contributed by atoms with Crippen molar-refractivity contribution >= 4 is 12.1 Å². The number of esters is 1. The monoisotopic (exact) mass is 215 g/mol. The first-order chi connectivity index (χ1) is 7.20. The van der Waals surface area contributed by atoms with E-state index in [0.717, 1.165) is 12.8 Å². The molecule has 1 saturated heterocycles. The highest BCUT2D eigenvalue weighted by Gasteiger charge is 2.33. The van der Waals surface area contributed by atoms with Crippen LogP contribution in [0.3, 0.4) is 0 Å². The van der Waals surface area contributed by atoms with Gasteiger partial charge in [0.2, 0.25) is 0 Å². The fourth-order valence-electron chi connectivity index (χ4n) is 1.74. The topological polar surface area (TPSA) is 55.8 Å². The summed E-state index contributed by atoms with van der Waals surface area (Å²) >= 11 is 0.